The van der Waals surface area contributed by atoms with Crippen LogP contribution in [0.25, 0.3) is 0 Å². The average Bonchev–Trinajstić information content (AvgIpc) is 2.72. The zero-order valence-corrected chi connectivity index (χ0v) is 22.1. The monoisotopic (exact) mass is 541 g/mol. The van der Waals surface area contributed by atoms with Gasteiger partial charge in [-0.05, 0) is 30.0 Å². The van der Waals surface area contributed by atoms with E-state index in [1.54, 1.807) is 26.0 Å². The summed E-state index contributed by atoms with van der Waals surface area (Å²) in [6.45, 7) is 15.4. The second kappa shape index (κ2) is 15.9. The molecule has 0 saturated heterocycles. The topological polar surface area (TPSA) is 60.0 Å². The van der Waals surface area contributed by atoms with Gasteiger partial charge in [0.2, 0.25) is 0 Å². The van der Waals surface area contributed by atoms with Crippen molar-refractivity contribution in [2.45, 2.75) is 26.3 Å². The van der Waals surface area contributed by atoms with Crippen molar-refractivity contribution in [1.29, 1.82) is 0 Å². The number of aliphatic imine (C=N–C) groups is 1. The largest absolute Gasteiger partial charge is 0.356 e. The summed E-state index contributed by atoms with van der Waals surface area (Å²) >= 11 is 0. The van der Waals surface area contributed by atoms with E-state index >= 15 is 0 Å². The van der Waals surface area contributed by atoms with E-state index in [0.717, 1.165) is 44.1 Å². The molecule has 0 aliphatic rings. The van der Waals surface area contributed by atoms with Gasteiger partial charge in [0.25, 0.3) is 5.91 Å². The van der Waals surface area contributed by atoms with Gasteiger partial charge >= 0.3 is 0 Å². The minimum atomic E-state index is 0. The quantitative estimate of drug-likeness (QED) is 0.184. The summed E-state index contributed by atoms with van der Waals surface area (Å²) in [5.41, 5.74) is 1.83. The first-order valence-corrected chi connectivity index (χ1v) is 10.5. The molecule has 0 radical (unpaired) electrons. The number of hydrogen-bond acceptors (Lipinski definition) is 3. The van der Waals surface area contributed by atoms with Crippen LogP contribution in [-0.4, -0.2) is 75.0 Å². The van der Waals surface area contributed by atoms with Crippen molar-refractivity contribution in [2.24, 2.45) is 10.9 Å². The number of halogens is 1. The van der Waals surface area contributed by atoms with Crippen molar-refractivity contribution >= 4 is 35.8 Å². The van der Waals surface area contributed by atoms with E-state index in [4.69, 9.17) is 0 Å². The highest BCUT2D eigenvalue weighted by molar-refractivity contribution is 14.0. The molecule has 1 aromatic carbocycles. The van der Waals surface area contributed by atoms with E-state index in [0.29, 0.717) is 17.5 Å². The predicted octanol–water partition coefficient (Wildman–Crippen LogP) is 3.41. The molecule has 1 aromatic rings. The van der Waals surface area contributed by atoms with E-state index in [1.807, 2.05) is 36.4 Å². The molecule has 0 aliphatic heterocycles. The fourth-order valence-electron chi connectivity index (χ4n) is 3.33. The van der Waals surface area contributed by atoms with Crippen LogP contribution in [-0.2, 0) is 6.42 Å². The number of amides is 1. The lowest BCUT2D eigenvalue weighted by atomic mass is 10.0. The lowest BCUT2D eigenvalue weighted by Gasteiger charge is -2.33. The van der Waals surface area contributed by atoms with Crippen molar-refractivity contribution in [3.05, 3.63) is 60.7 Å². The maximum Gasteiger partial charge on any atom is 0.253 e. The van der Waals surface area contributed by atoms with E-state index in [1.165, 1.54) is 0 Å². The van der Waals surface area contributed by atoms with Crippen LogP contribution in [0.5, 0.6) is 0 Å². The first kappa shape index (κ1) is 29.1. The smallest absolute Gasteiger partial charge is 0.253 e. The lowest BCUT2D eigenvalue weighted by molar-refractivity contribution is 0.0827. The molecule has 0 fully saturated rings. The maximum atomic E-state index is 12.1. The minimum absolute atomic E-state index is 0. The second-order valence-corrected chi connectivity index (χ2v) is 7.87. The third-order valence-electron chi connectivity index (χ3n) is 4.95. The first-order valence-electron chi connectivity index (χ1n) is 10.5. The number of carbonyl (C=O) groups excluding carboxylic acids is 1. The Bertz CT molecular complexity index is 708. The number of carbonyl (C=O) groups is 1. The molecule has 0 aromatic heterocycles. The molecule has 31 heavy (non-hydrogen) atoms. The Kier molecular flexibility index (Phi) is 14.9. The third-order valence-corrected chi connectivity index (χ3v) is 4.95. The van der Waals surface area contributed by atoms with Crippen molar-refractivity contribution in [1.82, 2.24) is 20.4 Å². The average molecular weight is 542 g/mol. The number of guanidine groups is 1. The van der Waals surface area contributed by atoms with Crippen LogP contribution in [0, 0.1) is 5.92 Å². The second-order valence-electron chi connectivity index (χ2n) is 7.87. The Morgan fingerprint density at radius 2 is 1.81 bits per heavy atom. The molecule has 7 heteroatoms. The molecule has 2 N–H and O–H groups in total. The fourth-order valence-corrected chi connectivity index (χ4v) is 3.33. The van der Waals surface area contributed by atoms with Gasteiger partial charge in [-0.25, -0.2) is 0 Å². The standard InChI is InChI=1S/C24H39N5O.HI/c1-8-15-29(16-9-2)22(19(3)4)18-27-24(25-5)26-14-13-20-11-10-12-21(17-20)23(30)28(6)7;/h8-12,17,19,22H,1-2,13-16,18H2,3-7H3,(H2,25,26,27);1H. The van der Waals surface area contributed by atoms with Crippen LogP contribution in [0.4, 0.5) is 0 Å². The summed E-state index contributed by atoms with van der Waals surface area (Å²) in [6.07, 6.45) is 4.67. The predicted molar refractivity (Wildman–Crippen MR) is 144 cm³/mol. The normalized spacial score (nSPS) is 12.2. The highest BCUT2D eigenvalue weighted by atomic mass is 127. The molecule has 1 amide bonds. The molecule has 6 nitrogen and oxygen atoms in total. The van der Waals surface area contributed by atoms with Crippen LogP contribution >= 0.6 is 24.0 Å². The van der Waals surface area contributed by atoms with Gasteiger partial charge in [-0.15, -0.1) is 37.1 Å². The molecule has 1 unspecified atom stereocenters. The molecule has 1 atom stereocenters. The Hall–Kier alpha value is -1.87. The Morgan fingerprint density at radius 3 is 2.32 bits per heavy atom. The molecule has 0 bridgehead atoms. The lowest BCUT2D eigenvalue weighted by Crippen LogP contribution is -2.49. The summed E-state index contributed by atoms with van der Waals surface area (Å²) in [7, 11) is 5.31. The van der Waals surface area contributed by atoms with Gasteiger partial charge in [-0.3, -0.25) is 14.7 Å². The van der Waals surface area contributed by atoms with Gasteiger partial charge < -0.3 is 15.5 Å². The summed E-state index contributed by atoms with van der Waals surface area (Å²) in [4.78, 5) is 20.4. The van der Waals surface area contributed by atoms with Gasteiger partial charge in [0, 0.05) is 58.9 Å². The number of rotatable bonds is 12. The number of nitrogens with one attached hydrogen (secondary N) is 2. The maximum absolute atomic E-state index is 12.1. The van der Waals surface area contributed by atoms with Gasteiger partial charge in [0.05, 0.1) is 0 Å². The highest BCUT2D eigenvalue weighted by Gasteiger charge is 2.20. The zero-order valence-electron chi connectivity index (χ0n) is 19.7. The van der Waals surface area contributed by atoms with E-state index in [-0.39, 0.29) is 29.9 Å². The van der Waals surface area contributed by atoms with Crippen molar-refractivity contribution < 1.29 is 4.79 Å². The first-order chi connectivity index (χ1) is 14.3. The van der Waals surface area contributed by atoms with Gasteiger partial charge in [-0.1, -0.05) is 38.1 Å². The summed E-state index contributed by atoms with van der Waals surface area (Å²) in [5, 5.41) is 6.82. The number of hydrogen-bond donors (Lipinski definition) is 2. The van der Waals surface area contributed by atoms with Crippen molar-refractivity contribution in [3.63, 3.8) is 0 Å². The van der Waals surface area contributed by atoms with Crippen LogP contribution in [0.15, 0.2) is 54.6 Å². The summed E-state index contributed by atoms with van der Waals surface area (Å²) in [6, 6.07) is 8.12. The van der Waals surface area contributed by atoms with E-state index in [9.17, 15) is 4.79 Å². The molecule has 1 rings (SSSR count). The summed E-state index contributed by atoms with van der Waals surface area (Å²) < 4.78 is 0. The Balaban J connectivity index is 0.00000900. The van der Waals surface area contributed by atoms with Crippen molar-refractivity contribution in [3.8, 4) is 0 Å². The third kappa shape index (κ3) is 10.3. The summed E-state index contributed by atoms with van der Waals surface area (Å²) in [5.74, 6) is 1.27. The Morgan fingerprint density at radius 1 is 1.16 bits per heavy atom. The van der Waals surface area contributed by atoms with Crippen molar-refractivity contribution in [2.75, 3.05) is 47.3 Å². The molecular weight excluding hydrogens is 501 g/mol. The van der Waals surface area contributed by atoms with Crippen LogP contribution in [0.2, 0.25) is 0 Å². The fraction of sp³-hybridized carbons (Fsp3) is 0.500. The molecule has 0 spiro atoms. The minimum Gasteiger partial charge on any atom is -0.356 e. The van der Waals surface area contributed by atoms with Crippen LogP contribution in [0.3, 0.4) is 0 Å². The van der Waals surface area contributed by atoms with E-state index in [2.05, 4.69) is 47.5 Å². The molecule has 0 heterocycles. The molecule has 0 aliphatic carbocycles. The van der Waals surface area contributed by atoms with Gasteiger partial charge in [-0.2, -0.15) is 0 Å². The molecule has 174 valence electrons. The Labute approximate surface area is 205 Å². The van der Waals surface area contributed by atoms with Crippen LogP contribution < -0.4 is 10.6 Å². The van der Waals surface area contributed by atoms with Gasteiger partial charge in [0.1, 0.15) is 0 Å². The van der Waals surface area contributed by atoms with Gasteiger partial charge in [0.15, 0.2) is 5.96 Å². The number of nitrogens with zero attached hydrogens (tertiary/aromatic N) is 3. The van der Waals surface area contributed by atoms with Crippen LogP contribution in [0.1, 0.15) is 29.8 Å². The molecular formula is C24H40IN5O. The molecule has 0 saturated carbocycles. The SMILES string of the molecule is C=CCN(CC=C)C(CNC(=NC)NCCc1cccc(C(=O)N(C)C)c1)C(C)C.I. The highest BCUT2D eigenvalue weighted by Crippen LogP contribution is 2.11. The van der Waals surface area contributed by atoms with E-state index < -0.39 is 0 Å². The number of benzene rings is 1. The zero-order chi connectivity index (χ0) is 22.5.